The summed E-state index contributed by atoms with van der Waals surface area (Å²) in [6.07, 6.45) is 4.29. The monoisotopic (exact) mass is 318 g/mol. The van der Waals surface area contributed by atoms with Crippen molar-refractivity contribution in [3.05, 3.63) is 52.3 Å². The number of aromatic nitrogens is 1. The van der Waals surface area contributed by atoms with Crippen molar-refractivity contribution in [2.24, 2.45) is 11.1 Å². The molecule has 1 aliphatic carbocycles. The molecule has 1 aliphatic rings. The maximum absolute atomic E-state index is 6.32. The summed E-state index contributed by atoms with van der Waals surface area (Å²) in [5.74, 6) is 0. The highest BCUT2D eigenvalue weighted by atomic mass is 79.9. The van der Waals surface area contributed by atoms with Crippen molar-refractivity contribution in [1.82, 2.24) is 4.57 Å². The number of hydrogen-bond donors (Lipinski definition) is 1. The molecule has 0 spiro atoms. The zero-order chi connectivity index (χ0) is 13.6. The van der Waals surface area contributed by atoms with Crippen LogP contribution in [0.3, 0.4) is 0 Å². The van der Waals surface area contributed by atoms with Gasteiger partial charge in [-0.25, -0.2) is 0 Å². The molecule has 2 N–H and O–H groups in total. The third kappa shape index (κ3) is 2.37. The van der Waals surface area contributed by atoms with Gasteiger partial charge in [0.15, 0.2) is 0 Å². The Labute approximate surface area is 122 Å². The molecule has 2 nitrogen and oxygen atoms in total. The molecule has 0 bridgehead atoms. The lowest BCUT2D eigenvalue weighted by Gasteiger charge is -2.34. The third-order valence-corrected chi connectivity index (χ3v) is 4.48. The van der Waals surface area contributed by atoms with Crippen LogP contribution in [0.4, 0.5) is 0 Å². The van der Waals surface area contributed by atoms with Gasteiger partial charge in [-0.05, 0) is 54.2 Å². The fourth-order valence-corrected chi connectivity index (χ4v) is 3.34. The van der Waals surface area contributed by atoms with E-state index < -0.39 is 0 Å². The van der Waals surface area contributed by atoms with Crippen molar-refractivity contribution in [2.45, 2.75) is 32.7 Å². The summed E-state index contributed by atoms with van der Waals surface area (Å²) in [6, 6.07) is 10.8. The van der Waals surface area contributed by atoms with Crippen LogP contribution in [0.5, 0.6) is 0 Å². The molecule has 0 saturated heterocycles. The first-order chi connectivity index (χ1) is 8.96. The molecule has 3 heteroatoms. The second kappa shape index (κ2) is 4.50. The lowest BCUT2D eigenvalue weighted by molar-refractivity contribution is 0.278. The summed E-state index contributed by atoms with van der Waals surface area (Å²) in [5.41, 5.74) is 10.5. The highest BCUT2D eigenvalue weighted by Crippen LogP contribution is 2.40. The van der Waals surface area contributed by atoms with Crippen LogP contribution >= 0.6 is 15.9 Å². The van der Waals surface area contributed by atoms with Gasteiger partial charge in [0.2, 0.25) is 0 Å². The molecule has 1 aromatic heterocycles. The molecule has 0 aliphatic heterocycles. The lowest BCUT2D eigenvalue weighted by atomic mass is 9.74. The highest BCUT2D eigenvalue weighted by Gasteiger charge is 2.32. The maximum Gasteiger partial charge on any atom is 0.0453 e. The smallest absolute Gasteiger partial charge is 0.0453 e. The zero-order valence-corrected chi connectivity index (χ0v) is 12.9. The summed E-state index contributed by atoms with van der Waals surface area (Å²) in [5, 5.41) is 0. The Kier molecular flexibility index (Phi) is 3.06. The molecule has 0 fully saturated rings. The summed E-state index contributed by atoms with van der Waals surface area (Å²) < 4.78 is 3.39. The van der Waals surface area contributed by atoms with Crippen molar-refractivity contribution in [2.75, 3.05) is 0 Å². The molecule has 19 heavy (non-hydrogen) atoms. The van der Waals surface area contributed by atoms with E-state index in [4.69, 9.17) is 5.73 Å². The lowest BCUT2D eigenvalue weighted by Crippen LogP contribution is -2.30. The summed E-state index contributed by atoms with van der Waals surface area (Å²) in [6.45, 7) is 4.60. The van der Waals surface area contributed by atoms with E-state index in [9.17, 15) is 0 Å². The molecule has 1 aromatic carbocycles. The summed E-state index contributed by atoms with van der Waals surface area (Å²) >= 11 is 3.48. The fourth-order valence-electron chi connectivity index (χ4n) is 3.08. The average molecular weight is 319 g/mol. The number of halogens is 1. The quantitative estimate of drug-likeness (QED) is 0.838. The first-order valence-electron chi connectivity index (χ1n) is 6.68. The highest BCUT2D eigenvalue weighted by molar-refractivity contribution is 9.10. The maximum atomic E-state index is 6.32. The first kappa shape index (κ1) is 12.9. The molecular weight excluding hydrogens is 300 g/mol. The molecule has 1 unspecified atom stereocenters. The van der Waals surface area contributed by atoms with E-state index in [1.165, 1.54) is 16.9 Å². The number of fused-ring (bicyclic) bond motifs is 1. The molecule has 100 valence electrons. The number of rotatable bonds is 1. The van der Waals surface area contributed by atoms with E-state index in [0.717, 1.165) is 17.3 Å². The Morgan fingerprint density at radius 1 is 1.21 bits per heavy atom. The molecule has 1 heterocycles. The number of nitrogens with zero attached hydrogens (tertiary/aromatic N) is 1. The van der Waals surface area contributed by atoms with Crippen molar-refractivity contribution in [3.63, 3.8) is 0 Å². The summed E-state index contributed by atoms with van der Waals surface area (Å²) in [4.78, 5) is 0. The average Bonchev–Trinajstić information content (AvgIpc) is 2.72. The second-order valence-corrected chi connectivity index (χ2v) is 7.13. The second-order valence-electron chi connectivity index (χ2n) is 6.22. The van der Waals surface area contributed by atoms with Crippen LogP contribution in [0, 0.1) is 5.41 Å². The first-order valence-corrected chi connectivity index (χ1v) is 7.47. The van der Waals surface area contributed by atoms with Gasteiger partial charge in [-0.15, -0.1) is 0 Å². The van der Waals surface area contributed by atoms with Crippen molar-refractivity contribution < 1.29 is 0 Å². The van der Waals surface area contributed by atoms with Gasteiger partial charge in [-0.1, -0.05) is 29.8 Å². The van der Waals surface area contributed by atoms with Gasteiger partial charge in [0, 0.05) is 28.1 Å². The molecular formula is C16H19BrN2. The van der Waals surface area contributed by atoms with Gasteiger partial charge in [0.25, 0.3) is 0 Å². The Morgan fingerprint density at radius 3 is 2.58 bits per heavy atom. The summed E-state index contributed by atoms with van der Waals surface area (Å²) in [7, 11) is 0. The van der Waals surface area contributed by atoms with Crippen LogP contribution in [-0.2, 0) is 6.42 Å². The number of nitrogens with two attached hydrogens (primary N) is 1. The Balaban J connectivity index is 2.08. The third-order valence-electron chi connectivity index (χ3n) is 3.95. The normalized spacial score (nSPS) is 21.2. The van der Waals surface area contributed by atoms with Crippen LogP contribution in [0.1, 0.15) is 37.6 Å². The molecule has 3 rings (SSSR count). The topological polar surface area (TPSA) is 30.9 Å². The van der Waals surface area contributed by atoms with Gasteiger partial charge in [0.05, 0.1) is 0 Å². The van der Waals surface area contributed by atoms with Crippen LogP contribution in [0.2, 0.25) is 0 Å². The molecule has 2 aromatic rings. The van der Waals surface area contributed by atoms with Crippen LogP contribution < -0.4 is 5.73 Å². The minimum Gasteiger partial charge on any atom is -0.324 e. The molecule has 0 radical (unpaired) electrons. The number of benzene rings is 1. The SMILES string of the molecule is CC1(C)Cc2c(ccn2-c2ccc(Br)cc2)C(N)C1. The predicted octanol–water partition coefficient (Wildman–Crippen LogP) is 4.21. The van der Waals surface area contributed by atoms with E-state index in [1.807, 2.05) is 0 Å². The van der Waals surface area contributed by atoms with Crippen LogP contribution in [0.25, 0.3) is 5.69 Å². The van der Waals surface area contributed by atoms with Crippen molar-refractivity contribution in [1.29, 1.82) is 0 Å². The van der Waals surface area contributed by atoms with Crippen LogP contribution in [0.15, 0.2) is 41.0 Å². The van der Waals surface area contributed by atoms with Crippen molar-refractivity contribution in [3.8, 4) is 5.69 Å². The minimum absolute atomic E-state index is 0.162. The Bertz CT molecular complexity index is 596. The standard InChI is InChI=1S/C16H19BrN2/c1-16(2)9-14(18)13-7-8-19(15(13)10-16)12-5-3-11(17)4-6-12/h3-8,14H,9-10,18H2,1-2H3. The van der Waals surface area contributed by atoms with Gasteiger partial charge < -0.3 is 10.3 Å². The zero-order valence-electron chi connectivity index (χ0n) is 11.4. The minimum atomic E-state index is 0.162. The molecule has 0 amide bonds. The Morgan fingerprint density at radius 2 is 1.89 bits per heavy atom. The van der Waals surface area contributed by atoms with Gasteiger partial charge in [-0.2, -0.15) is 0 Å². The van der Waals surface area contributed by atoms with E-state index in [1.54, 1.807) is 0 Å². The van der Waals surface area contributed by atoms with E-state index in [-0.39, 0.29) is 11.5 Å². The van der Waals surface area contributed by atoms with E-state index in [0.29, 0.717) is 0 Å². The fraction of sp³-hybridized carbons (Fsp3) is 0.375. The largest absolute Gasteiger partial charge is 0.324 e. The van der Waals surface area contributed by atoms with E-state index >= 15 is 0 Å². The van der Waals surface area contributed by atoms with Gasteiger partial charge in [-0.3, -0.25) is 0 Å². The molecule has 0 saturated carbocycles. The molecule has 1 atom stereocenters. The Hall–Kier alpha value is -1.06. The van der Waals surface area contributed by atoms with Crippen molar-refractivity contribution >= 4 is 15.9 Å². The predicted molar refractivity (Wildman–Crippen MR) is 82.5 cm³/mol. The van der Waals surface area contributed by atoms with Gasteiger partial charge >= 0.3 is 0 Å². The number of hydrogen-bond acceptors (Lipinski definition) is 1. The van der Waals surface area contributed by atoms with Gasteiger partial charge in [0.1, 0.15) is 0 Å². The van der Waals surface area contributed by atoms with Crippen LogP contribution in [-0.4, -0.2) is 4.57 Å². The van der Waals surface area contributed by atoms with E-state index in [2.05, 4.69) is 70.9 Å².